The molecule has 1 aromatic carbocycles. The first-order valence-corrected chi connectivity index (χ1v) is 5.94. The average Bonchev–Trinajstić information content (AvgIpc) is 2.33. The van der Waals surface area contributed by atoms with Crippen molar-refractivity contribution in [3.05, 3.63) is 46.3 Å². The fourth-order valence-corrected chi connectivity index (χ4v) is 1.89. The monoisotopic (exact) mass is 293 g/mol. The molecule has 2 N–H and O–H groups in total. The van der Waals surface area contributed by atoms with Crippen molar-refractivity contribution in [1.82, 2.24) is 9.97 Å². The predicted octanol–water partition coefficient (Wildman–Crippen LogP) is 2.80. The molecule has 2 aromatic rings. The molecule has 0 fully saturated rings. The van der Waals surface area contributed by atoms with Gasteiger partial charge in [-0.05, 0) is 30.7 Å². The zero-order valence-electron chi connectivity index (χ0n) is 9.35. The molecule has 2 rings (SSSR count). The van der Waals surface area contributed by atoms with Crippen molar-refractivity contribution in [3.63, 3.8) is 0 Å². The summed E-state index contributed by atoms with van der Waals surface area (Å²) in [6.45, 7) is 2.28. The Morgan fingerprint density at radius 3 is 2.76 bits per heavy atom. The number of aromatic nitrogens is 2. The maximum absolute atomic E-state index is 5.71. The van der Waals surface area contributed by atoms with Crippen LogP contribution in [-0.4, -0.2) is 9.97 Å². The smallest absolute Gasteiger partial charge is 0.242 e. The maximum Gasteiger partial charge on any atom is 0.242 e. The molecule has 0 radical (unpaired) electrons. The first-order valence-electron chi connectivity index (χ1n) is 5.14. The minimum absolute atomic E-state index is 0.304. The molecule has 0 unspecified atom stereocenters. The van der Waals surface area contributed by atoms with Crippen molar-refractivity contribution < 1.29 is 4.74 Å². The molecule has 0 aliphatic carbocycles. The van der Waals surface area contributed by atoms with E-state index in [0.717, 1.165) is 15.8 Å². The largest absolute Gasteiger partial charge is 0.437 e. The van der Waals surface area contributed by atoms with E-state index in [-0.39, 0.29) is 0 Å². The van der Waals surface area contributed by atoms with Gasteiger partial charge in [-0.15, -0.1) is 0 Å². The third-order valence-electron chi connectivity index (χ3n) is 2.27. The molecular weight excluding hydrogens is 282 g/mol. The molecule has 0 amide bonds. The van der Waals surface area contributed by atoms with E-state index in [1.165, 1.54) is 0 Å². The van der Waals surface area contributed by atoms with Gasteiger partial charge in [0.15, 0.2) is 0 Å². The van der Waals surface area contributed by atoms with E-state index in [9.17, 15) is 0 Å². The third kappa shape index (κ3) is 2.81. The van der Waals surface area contributed by atoms with Crippen molar-refractivity contribution in [2.24, 2.45) is 5.73 Å². The lowest BCUT2D eigenvalue weighted by Gasteiger charge is -2.10. The summed E-state index contributed by atoms with van der Waals surface area (Å²) >= 11 is 3.41. The van der Waals surface area contributed by atoms with Gasteiger partial charge in [-0.1, -0.05) is 15.9 Å². The highest BCUT2D eigenvalue weighted by Gasteiger charge is 2.07. The van der Waals surface area contributed by atoms with E-state index in [1.807, 2.05) is 25.1 Å². The van der Waals surface area contributed by atoms with Crippen LogP contribution in [0.3, 0.4) is 0 Å². The van der Waals surface area contributed by atoms with E-state index >= 15 is 0 Å². The van der Waals surface area contributed by atoms with Gasteiger partial charge in [0.05, 0.1) is 0 Å². The van der Waals surface area contributed by atoms with Gasteiger partial charge in [0.1, 0.15) is 11.4 Å². The number of aryl methyl sites for hydroxylation is 1. The van der Waals surface area contributed by atoms with Crippen LogP contribution in [0.25, 0.3) is 0 Å². The second-order valence-corrected chi connectivity index (χ2v) is 4.44. The summed E-state index contributed by atoms with van der Waals surface area (Å²) in [6.07, 6.45) is 3.19. The summed E-state index contributed by atoms with van der Waals surface area (Å²) in [5.74, 6) is 1.21. The Kier molecular flexibility index (Phi) is 3.71. The first kappa shape index (κ1) is 12.0. The fraction of sp³-hybridized carbons (Fsp3) is 0.167. The summed E-state index contributed by atoms with van der Waals surface area (Å²) in [5, 5.41) is 0. The molecular formula is C12H12BrN3O. The lowest BCUT2D eigenvalue weighted by molar-refractivity contribution is 0.449. The van der Waals surface area contributed by atoms with Crippen LogP contribution < -0.4 is 10.5 Å². The Morgan fingerprint density at radius 2 is 2.06 bits per heavy atom. The SMILES string of the molecule is Cc1cc(Br)ccc1Oc1nccnc1CN. The molecule has 0 saturated carbocycles. The fourth-order valence-electron chi connectivity index (χ4n) is 1.41. The Bertz CT molecular complexity index is 531. The van der Waals surface area contributed by atoms with E-state index in [1.54, 1.807) is 12.4 Å². The van der Waals surface area contributed by atoms with Gasteiger partial charge in [-0.2, -0.15) is 0 Å². The number of nitrogens with zero attached hydrogens (tertiary/aromatic N) is 2. The van der Waals surface area contributed by atoms with Gasteiger partial charge < -0.3 is 10.5 Å². The Morgan fingerprint density at radius 1 is 1.29 bits per heavy atom. The topological polar surface area (TPSA) is 61.0 Å². The molecule has 88 valence electrons. The second-order valence-electron chi connectivity index (χ2n) is 3.52. The quantitative estimate of drug-likeness (QED) is 0.945. The zero-order valence-corrected chi connectivity index (χ0v) is 10.9. The number of halogens is 1. The van der Waals surface area contributed by atoms with E-state index in [0.29, 0.717) is 18.1 Å². The molecule has 17 heavy (non-hydrogen) atoms. The van der Waals surface area contributed by atoms with Gasteiger partial charge in [0.25, 0.3) is 0 Å². The second kappa shape index (κ2) is 5.25. The molecule has 0 saturated heterocycles. The van der Waals surface area contributed by atoms with E-state index < -0.39 is 0 Å². The Hall–Kier alpha value is -1.46. The average molecular weight is 294 g/mol. The van der Waals surface area contributed by atoms with Crippen LogP contribution in [0.4, 0.5) is 0 Å². The van der Waals surface area contributed by atoms with Crippen LogP contribution in [0.1, 0.15) is 11.3 Å². The van der Waals surface area contributed by atoms with Crippen LogP contribution >= 0.6 is 15.9 Å². The van der Waals surface area contributed by atoms with Crippen molar-refractivity contribution in [3.8, 4) is 11.6 Å². The van der Waals surface area contributed by atoms with Gasteiger partial charge >= 0.3 is 0 Å². The minimum Gasteiger partial charge on any atom is -0.437 e. The van der Waals surface area contributed by atoms with E-state index in [4.69, 9.17) is 10.5 Å². The molecule has 1 heterocycles. The summed E-state index contributed by atoms with van der Waals surface area (Å²) in [7, 11) is 0. The van der Waals surface area contributed by atoms with Gasteiger partial charge in [0.2, 0.25) is 5.88 Å². The van der Waals surface area contributed by atoms with Gasteiger partial charge in [-0.3, -0.25) is 4.98 Å². The van der Waals surface area contributed by atoms with Crippen LogP contribution in [0.5, 0.6) is 11.6 Å². The number of hydrogen-bond donors (Lipinski definition) is 1. The maximum atomic E-state index is 5.71. The third-order valence-corrected chi connectivity index (χ3v) is 2.77. The molecule has 0 aliphatic rings. The van der Waals surface area contributed by atoms with Crippen LogP contribution in [-0.2, 0) is 6.54 Å². The van der Waals surface area contributed by atoms with Crippen LogP contribution in [0.2, 0.25) is 0 Å². The minimum atomic E-state index is 0.304. The number of nitrogens with two attached hydrogens (primary N) is 1. The normalized spacial score (nSPS) is 10.3. The number of rotatable bonds is 3. The van der Waals surface area contributed by atoms with Crippen molar-refractivity contribution in [2.75, 3.05) is 0 Å². The highest BCUT2D eigenvalue weighted by Crippen LogP contribution is 2.27. The zero-order chi connectivity index (χ0) is 12.3. The highest BCUT2D eigenvalue weighted by molar-refractivity contribution is 9.10. The van der Waals surface area contributed by atoms with Crippen molar-refractivity contribution >= 4 is 15.9 Å². The summed E-state index contributed by atoms with van der Waals surface area (Å²) in [6, 6.07) is 5.78. The van der Waals surface area contributed by atoms with Crippen molar-refractivity contribution in [2.45, 2.75) is 13.5 Å². The molecule has 1 aromatic heterocycles. The summed E-state index contributed by atoms with van der Waals surface area (Å²) < 4.78 is 6.73. The molecule has 4 nitrogen and oxygen atoms in total. The lowest BCUT2D eigenvalue weighted by atomic mass is 10.2. The molecule has 5 heteroatoms. The lowest BCUT2D eigenvalue weighted by Crippen LogP contribution is -2.03. The summed E-state index contributed by atoms with van der Waals surface area (Å²) in [5.41, 5.74) is 7.25. The van der Waals surface area contributed by atoms with E-state index in [2.05, 4.69) is 25.9 Å². The molecule has 0 bridgehead atoms. The predicted molar refractivity (Wildman–Crippen MR) is 68.9 cm³/mol. The summed E-state index contributed by atoms with van der Waals surface area (Å²) in [4.78, 5) is 8.25. The number of hydrogen-bond acceptors (Lipinski definition) is 4. The molecule has 0 spiro atoms. The molecule has 0 aliphatic heterocycles. The van der Waals surface area contributed by atoms with Crippen LogP contribution in [0.15, 0.2) is 35.1 Å². The van der Waals surface area contributed by atoms with Gasteiger partial charge in [0, 0.05) is 23.4 Å². The number of ether oxygens (including phenoxy) is 1. The molecule has 0 atom stereocenters. The van der Waals surface area contributed by atoms with Crippen LogP contribution in [0, 0.1) is 6.92 Å². The first-order chi connectivity index (χ1) is 8.20. The number of benzene rings is 1. The Balaban J connectivity index is 2.31. The van der Waals surface area contributed by atoms with Gasteiger partial charge in [-0.25, -0.2) is 4.98 Å². The van der Waals surface area contributed by atoms with Crippen molar-refractivity contribution in [1.29, 1.82) is 0 Å². The highest BCUT2D eigenvalue weighted by atomic mass is 79.9. The Labute approximate surface area is 108 Å². The standard InChI is InChI=1S/C12H12BrN3O/c1-8-6-9(13)2-3-11(8)17-12-10(7-14)15-4-5-16-12/h2-6H,7,14H2,1H3.